The lowest BCUT2D eigenvalue weighted by Gasteiger charge is -2.12. The quantitative estimate of drug-likeness (QED) is 0.518. The molecule has 108 valence electrons. The van der Waals surface area contributed by atoms with Gasteiger partial charge in [-0.25, -0.2) is 0 Å². The number of pyridine rings is 1. The Bertz CT molecular complexity index is 665. The summed E-state index contributed by atoms with van der Waals surface area (Å²) in [6.07, 6.45) is 3.47. The van der Waals surface area contributed by atoms with Crippen molar-refractivity contribution in [1.29, 1.82) is 0 Å². The van der Waals surface area contributed by atoms with Gasteiger partial charge in [-0.1, -0.05) is 12.1 Å². The van der Waals surface area contributed by atoms with Crippen LogP contribution < -0.4 is 10.7 Å². The molecule has 0 saturated carbocycles. The number of benzene rings is 1. The summed E-state index contributed by atoms with van der Waals surface area (Å²) in [4.78, 5) is 3.98. The largest absolute Gasteiger partial charge is 0.331 e. The first-order valence-corrected chi connectivity index (χ1v) is 7.06. The highest BCUT2D eigenvalue weighted by molar-refractivity contribution is 7.80. The van der Waals surface area contributed by atoms with Crippen molar-refractivity contribution in [3.8, 4) is 0 Å². The van der Waals surface area contributed by atoms with Gasteiger partial charge in [0, 0.05) is 23.6 Å². The topological polar surface area (TPSA) is 49.3 Å². The second-order valence-corrected chi connectivity index (χ2v) is 5.15. The fourth-order valence-corrected chi connectivity index (χ4v) is 1.98. The number of nitrogens with zero attached hydrogens (tertiary/aromatic N) is 2. The molecule has 2 N–H and O–H groups in total. The summed E-state index contributed by atoms with van der Waals surface area (Å²) in [5.41, 5.74) is 8.11. The molecule has 5 heteroatoms. The van der Waals surface area contributed by atoms with Crippen LogP contribution in [0.4, 0.5) is 5.69 Å². The number of rotatable bonds is 3. The monoisotopic (exact) mass is 298 g/mol. The molecule has 0 bridgehead atoms. The van der Waals surface area contributed by atoms with Crippen LogP contribution in [0.15, 0.2) is 47.8 Å². The maximum Gasteiger partial charge on any atom is 0.191 e. The summed E-state index contributed by atoms with van der Waals surface area (Å²) >= 11 is 5.27. The van der Waals surface area contributed by atoms with E-state index in [2.05, 4.69) is 40.7 Å². The molecule has 0 radical (unpaired) electrons. The van der Waals surface area contributed by atoms with Gasteiger partial charge in [-0.3, -0.25) is 10.4 Å². The number of aryl methyl sites for hydroxylation is 1. The number of nitrogens with one attached hydrogen (secondary N) is 2. The molecule has 0 aliphatic heterocycles. The minimum absolute atomic E-state index is 0.470. The Morgan fingerprint density at radius 1 is 1.14 bits per heavy atom. The van der Waals surface area contributed by atoms with Crippen molar-refractivity contribution in [2.45, 2.75) is 20.8 Å². The van der Waals surface area contributed by atoms with E-state index in [0.29, 0.717) is 5.11 Å². The molecule has 0 aliphatic carbocycles. The lowest BCUT2D eigenvalue weighted by molar-refractivity contribution is 1.04. The Morgan fingerprint density at radius 2 is 1.86 bits per heavy atom. The third kappa shape index (κ3) is 4.10. The van der Waals surface area contributed by atoms with Gasteiger partial charge < -0.3 is 5.32 Å². The van der Waals surface area contributed by atoms with Crippen molar-refractivity contribution in [3.63, 3.8) is 0 Å². The van der Waals surface area contributed by atoms with Crippen LogP contribution in [-0.4, -0.2) is 15.8 Å². The zero-order valence-electron chi connectivity index (χ0n) is 12.3. The van der Waals surface area contributed by atoms with E-state index in [4.69, 9.17) is 12.2 Å². The number of hydrogen-bond acceptors (Lipinski definition) is 3. The zero-order valence-corrected chi connectivity index (χ0v) is 13.2. The first kappa shape index (κ1) is 15.1. The molecule has 2 rings (SSSR count). The maximum absolute atomic E-state index is 5.27. The molecule has 4 nitrogen and oxygen atoms in total. The van der Waals surface area contributed by atoms with E-state index in [1.807, 2.05) is 31.2 Å². The van der Waals surface area contributed by atoms with Crippen LogP contribution in [0.2, 0.25) is 0 Å². The maximum atomic E-state index is 5.27. The number of anilines is 1. The van der Waals surface area contributed by atoms with Crippen LogP contribution in [0, 0.1) is 13.8 Å². The molecule has 0 spiro atoms. The number of hydrogen-bond donors (Lipinski definition) is 2. The summed E-state index contributed by atoms with van der Waals surface area (Å²) < 4.78 is 0. The van der Waals surface area contributed by atoms with Gasteiger partial charge in [-0.15, -0.1) is 0 Å². The normalized spacial score (nSPS) is 11.1. The highest BCUT2D eigenvalue weighted by atomic mass is 32.1. The first-order valence-electron chi connectivity index (χ1n) is 6.66. The average molecular weight is 298 g/mol. The summed E-state index contributed by atoms with van der Waals surface area (Å²) in [6.45, 7) is 6.05. The predicted octanol–water partition coefficient (Wildman–Crippen LogP) is 3.41. The Balaban J connectivity index is 2.01. The highest BCUT2D eigenvalue weighted by Gasteiger charge is 2.02. The first-order chi connectivity index (χ1) is 10.1. The molecule has 0 unspecified atom stereocenters. The van der Waals surface area contributed by atoms with E-state index in [1.165, 1.54) is 11.1 Å². The van der Waals surface area contributed by atoms with E-state index in [-0.39, 0.29) is 0 Å². The van der Waals surface area contributed by atoms with Crippen LogP contribution >= 0.6 is 12.2 Å². The zero-order chi connectivity index (χ0) is 15.2. The van der Waals surface area contributed by atoms with Crippen LogP contribution in [0.25, 0.3) is 0 Å². The molecule has 1 aromatic carbocycles. The van der Waals surface area contributed by atoms with Crippen LogP contribution in [0.5, 0.6) is 0 Å². The molecule has 0 saturated heterocycles. The minimum Gasteiger partial charge on any atom is -0.331 e. The number of hydrazone groups is 1. The Morgan fingerprint density at radius 3 is 2.57 bits per heavy atom. The minimum atomic E-state index is 0.470. The van der Waals surface area contributed by atoms with Crippen LogP contribution in [-0.2, 0) is 0 Å². The summed E-state index contributed by atoms with van der Waals surface area (Å²) in [5, 5.41) is 7.91. The van der Waals surface area contributed by atoms with E-state index in [0.717, 1.165) is 17.0 Å². The second-order valence-electron chi connectivity index (χ2n) is 4.75. The van der Waals surface area contributed by atoms with Crippen molar-refractivity contribution in [3.05, 3.63) is 59.4 Å². The molecule has 0 atom stereocenters. The molecule has 0 amide bonds. The van der Waals surface area contributed by atoms with Gasteiger partial charge in [0.25, 0.3) is 0 Å². The molecular formula is C16H18N4S. The number of thiocarbonyl (C=S) groups is 1. The van der Waals surface area contributed by atoms with Crippen molar-refractivity contribution < 1.29 is 0 Å². The summed E-state index contributed by atoms with van der Waals surface area (Å²) in [5.74, 6) is 0. The lowest BCUT2D eigenvalue weighted by atomic mass is 10.1. The van der Waals surface area contributed by atoms with Crippen molar-refractivity contribution in [1.82, 2.24) is 10.4 Å². The Kier molecular flexibility index (Phi) is 5.00. The third-order valence-electron chi connectivity index (χ3n) is 3.28. The van der Waals surface area contributed by atoms with E-state index >= 15 is 0 Å². The lowest BCUT2D eigenvalue weighted by Crippen LogP contribution is -2.25. The van der Waals surface area contributed by atoms with Crippen molar-refractivity contribution >= 4 is 28.7 Å². The van der Waals surface area contributed by atoms with Crippen molar-refractivity contribution in [2.75, 3.05) is 5.32 Å². The average Bonchev–Trinajstić information content (AvgIpc) is 2.50. The highest BCUT2D eigenvalue weighted by Crippen LogP contribution is 2.17. The molecule has 2 aromatic rings. The fraction of sp³-hybridized carbons (Fsp3) is 0.188. The van der Waals surface area contributed by atoms with Crippen LogP contribution in [0.3, 0.4) is 0 Å². The molecule has 1 aromatic heterocycles. The van der Waals surface area contributed by atoms with Crippen molar-refractivity contribution in [2.24, 2.45) is 5.10 Å². The standard InChI is InChI=1S/C16H18N4S/c1-11-5-4-6-15(12(11)2)18-16(21)20-19-13(3)14-7-9-17-10-8-14/h4-10H,1-3H3,(H2,18,20,21). The van der Waals surface area contributed by atoms with Gasteiger partial charge in [-0.2, -0.15) is 5.10 Å². The van der Waals surface area contributed by atoms with E-state index in [1.54, 1.807) is 12.4 Å². The fourth-order valence-electron chi connectivity index (χ4n) is 1.83. The van der Waals surface area contributed by atoms with Gasteiger partial charge in [0.2, 0.25) is 0 Å². The Labute approximate surface area is 130 Å². The van der Waals surface area contributed by atoms with E-state index in [9.17, 15) is 0 Å². The van der Waals surface area contributed by atoms with Gasteiger partial charge >= 0.3 is 0 Å². The van der Waals surface area contributed by atoms with Gasteiger partial charge in [0.1, 0.15) is 0 Å². The van der Waals surface area contributed by atoms with Gasteiger partial charge in [-0.05, 0) is 62.3 Å². The molecule has 1 heterocycles. The molecular weight excluding hydrogens is 280 g/mol. The second kappa shape index (κ2) is 6.95. The molecule has 21 heavy (non-hydrogen) atoms. The molecule has 0 aliphatic rings. The third-order valence-corrected chi connectivity index (χ3v) is 3.47. The molecule has 0 fully saturated rings. The smallest absolute Gasteiger partial charge is 0.191 e. The Hall–Kier alpha value is -2.27. The SMILES string of the molecule is CC(=NNC(=S)Nc1cccc(C)c1C)c1ccncc1. The van der Waals surface area contributed by atoms with Gasteiger partial charge in [0.15, 0.2) is 5.11 Å². The summed E-state index contributed by atoms with van der Waals surface area (Å²) in [6, 6.07) is 9.88. The van der Waals surface area contributed by atoms with Gasteiger partial charge in [0.05, 0.1) is 5.71 Å². The predicted molar refractivity (Wildman–Crippen MR) is 91.7 cm³/mol. The summed E-state index contributed by atoms with van der Waals surface area (Å²) in [7, 11) is 0. The number of aromatic nitrogens is 1. The van der Waals surface area contributed by atoms with Crippen LogP contribution in [0.1, 0.15) is 23.6 Å². The van der Waals surface area contributed by atoms with E-state index < -0.39 is 0 Å².